The molecular formula is C12H14N4. The van der Waals surface area contributed by atoms with E-state index in [-0.39, 0.29) is 0 Å². The van der Waals surface area contributed by atoms with Crippen LogP contribution in [0.1, 0.15) is 17.0 Å². The third kappa shape index (κ3) is 1.67. The van der Waals surface area contributed by atoms with Gasteiger partial charge in [-0.15, -0.1) is 0 Å². The molecule has 2 heterocycles. The molecule has 3 N–H and O–H groups in total. The largest absolute Gasteiger partial charge is 0.399 e. The first-order valence-electron chi connectivity index (χ1n) is 5.39. The number of rotatable bonds is 2. The monoisotopic (exact) mass is 214 g/mol. The summed E-state index contributed by atoms with van der Waals surface area (Å²) in [6, 6.07) is 6.15. The van der Waals surface area contributed by atoms with Gasteiger partial charge in [0, 0.05) is 31.2 Å². The molecule has 82 valence electrons. The molecule has 4 nitrogen and oxygen atoms in total. The first-order valence-corrected chi connectivity index (χ1v) is 5.39. The molecule has 16 heavy (non-hydrogen) atoms. The summed E-state index contributed by atoms with van der Waals surface area (Å²) in [6.07, 6.45) is 3.65. The molecule has 0 fully saturated rings. The number of benzene rings is 1. The molecule has 1 aromatic heterocycles. The second-order valence-corrected chi connectivity index (χ2v) is 4.21. The zero-order valence-corrected chi connectivity index (χ0v) is 8.98. The van der Waals surface area contributed by atoms with Crippen LogP contribution in [0, 0.1) is 0 Å². The first kappa shape index (κ1) is 9.42. The predicted octanol–water partition coefficient (Wildman–Crippen LogP) is 1.51. The topological polar surface area (TPSA) is 57.9 Å². The summed E-state index contributed by atoms with van der Waals surface area (Å²) in [5.74, 6) is 1.01. The third-order valence-corrected chi connectivity index (χ3v) is 2.95. The average Bonchev–Trinajstić information content (AvgIpc) is 2.86. The number of nitrogens with one attached hydrogen (secondary N) is 1. The van der Waals surface area contributed by atoms with Gasteiger partial charge in [0.05, 0.1) is 6.54 Å². The van der Waals surface area contributed by atoms with E-state index in [0.717, 1.165) is 31.1 Å². The molecule has 2 aromatic rings. The number of hydrogen-bond donors (Lipinski definition) is 2. The van der Waals surface area contributed by atoms with E-state index in [1.54, 1.807) is 6.20 Å². The number of fused-ring (bicyclic) bond motifs is 1. The Morgan fingerprint density at radius 3 is 3.00 bits per heavy atom. The lowest BCUT2D eigenvalue weighted by molar-refractivity contribution is 0.269. The van der Waals surface area contributed by atoms with Crippen molar-refractivity contribution in [2.75, 3.05) is 5.73 Å². The fourth-order valence-electron chi connectivity index (χ4n) is 2.19. The van der Waals surface area contributed by atoms with Gasteiger partial charge in [-0.05, 0) is 23.3 Å². The van der Waals surface area contributed by atoms with Crippen LogP contribution >= 0.6 is 0 Å². The lowest BCUT2D eigenvalue weighted by Gasteiger charge is -2.12. The summed E-state index contributed by atoms with van der Waals surface area (Å²) in [7, 11) is 0. The van der Waals surface area contributed by atoms with Gasteiger partial charge >= 0.3 is 0 Å². The second kappa shape index (κ2) is 3.64. The van der Waals surface area contributed by atoms with E-state index in [9.17, 15) is 0 Å². The summed E-state index contributed by atoms with van der Waals surface area (Å²) in [6.45, 7) is 2.80. The molecule has 0 unspecified atom stereocenters. The fourth-order valence-corrected chi connectivity index (χ4v) is 2.19. The number of imidazole rings is 1. The van der Waals surface area contributed by atoms with E-state index in [1.165, 1.54) is 11.1 Å². The van der Waals surface area contributed by atoms with Crippen molar-refractivity contribution >= 4 is 5.69 Å². The van der Waals surface area contributed by atoms with Crippen LogP contribution in [-0.4, -0.2) is 14.9 Å². The molecule has 0 amide bonds. The molecule has 0 bridgehead atoms. The van der Waals surface area contributed by atoms with Gasteiger partial charge in [0.2, 0.25) is 0 Å². The number of nitrogens with two attached hydrogens (primary N) is 1. The minimum Gasteiger partial charge on any atom is -0.399 e. The van der Waals surface area contributed by atoms with E-state index in [2.05, 4.69) is 27.0 Å². The Bertz CT molecular complexity index is 490. The second-order valence-electron chi connectivity index (χ2n) is 4.21. The normalized spacial score (nSPS) is 15.2. The van der Waals surface area contributed by atoms with Crippen LogP contribution in [0.25, 0.3) is 0 Å². The van der Waals surface area contributed by atoms with Gasteiger partial charge < -0.3 is 10.7 Å². The molecule has 0 atom stereocenters. The molecule has 0 radical (unpaired) electrons. The Kier molecular flexibility index (Phi) is 2.15. The third-order valence-electron chi connectivity index (χ3n) is 2.95. The van der Waals surface area contributed by atoms with Crippen LogP contribution in [0.3, 0.4) is 0 Å². The average molecular weight is 214 g/mol. The molecule has 0 aliphatic carbocycles. The number of hydrogen-bond acceptors (Lipinski definition) is 3. The van der Waals surface area contributed by atoms with E-state index in [4.69, 9.17) is 5.73 Å². The van der Waals surface area contributed by atoms with Crippen molar-refractivity contribution in [1.82, 2.24) is 14.9 Å². The minimum atomic E-state index is 0.846. The molecule has 1 aromatic carbocycles. The number of H-pyrrole nitrogens is 1. The summed E-state index contributed by atoms with van der Waals surface area (Å²) < 4.78 is 0. The van der Waals surface area contributed by atoms with Gasteiger partial charge in [0.1, 0.15) is 5.82 Å². The van der Waals surface area contributed by atoms with Gasteiger partial charge in [-0.25, -0.2) is 4.98 Å². The van der Waals surface area contributed by atoms with Crippen LogP contribution in [0.4, 0.5) is 5.69 Å². The Morgan fingerprint density at radius 1 is 1.31 bits per heavy atom. The number of nitrogens with zero attached hydrogens (tertiary/aromatic N) is 2. The number of nitrogen functional groups attached to an aromatic ring is 1. The minimum absolute atomic E-state index is 0.846. The molecule has 0 saturated carbocycles. The standard InChI is InChI=1S/C12H14N4/c13-11-2-1-9-6-16(7-10(9)5-11)8-12-14-3-4-15-12/h1-5H,6-8,13H2,(H,14,15). The van der Waals surface area contributed by atoms with E-state index in [0.29, 0.717) is 0 Å². The van der Waals surface area contributed by atoms with Crippen molar-refractivity contribution in [3.05, 3.63) is 47.5 Å². The highest BCUT2D eigenvalue weighted by molar-refractivity contribution is 5.46. The van der Waals surface area contributed by atoms with Crippen LogP contribution in [0.5, 0.6) is 0 Å². The van der Waals surface area contributed by atoms with Crippen LogP contribution < -0.4 is 5.73 Å². The van der Waals surface area contributed by atoms with Gasteiger partial charge in [0.25, 0.3) is 0 Å². The van der Waals surface area contributed by atoms with Gasteiger partial charge in [-0.3, -0.25) is 4.90 Å². The first-order chi connectivity index (χ1) is 7.81. The van der Waals surface area contributed by atoms with Crippen molar-refractivity contribution in [3.8, 4) is 0 Å². The van der Waals surface area contributed by atoms with Crippen molar-refractivity contribution in [1.29, 1.82) is 0 Å². The Hall–Kier alpha value is -1.81. The fraction of sp³-hybridized carbons (Fsp3) is 0.250. The zero-order chi connectivity index (χ0) is 11.0. The lowest BCUT2D eigenvalue weighted by atomic mass is 10.1. The Labute approximate surface area is 94.1 Å². The van der Waals surface area contributed by atoms with Crippen LogP contribution in [0.2, 0.25) is 0 Å². The highest BCUT2D eigenvalue weighted by Crippen LogP contribution is 2.25. The van der Waals surface area contributed by atoms with E-state index < -0.39 is 0 Å². The van der Waals surface area contributed by atoms with Crippen molar-refractivity contribution in [2.24, 2.45) is 0 Å². The van der Waals surface area contributed by atoms with E-state index >= 15 is 0 Å². The number of anilines is 1. The summed E-state index contributed by atoms with van der Waals surface area (Å²) in [5, 5.41) is 0. The number of aromatic amines is 1. The molecule has 0 saturated heterocycles. The molecule has 4 heteroatoms. The number of aromatic nitrogens is 2. The predicted molar refractivity (Wildman–Crippen MR) is 62.4 cm³/mol. The highest BCUT2D eigenvalue weighted by Gasteiger charge is 2.19. The van der Waals surface area contributed by atoms with Crippen molar-refractivity contribution in [2.45, 2.75) is 19.6 Å². The maximum Gasteiger partial charge on any atom is 0.120 e. The molecular weight excluding hydrogens is 200 g/mol. The molecule has 0 spiro atoms. The Balaban J connectivity index is 1.75. The SMILES string of the molecule is Nc1ccc2c(c1)CN(Cc1ncc[nH]1)C2. The van der Waals surface area contributed by atoms with Crippen molar-refractivity contribution in [3.63, 3.8) is 0 Å². The summed E-state index contributed by atoms with van der Waals surface area (Å²) >= 11 is 0. The van der Waals surface area contributed by atoms with Crippen LogP contribution in [0.15, 0.2) is 30.6 Å². The highest BCUT2D eigenvalue weighted by atomic mass is 15.2. The van der Waals surface area contributed by atoms with Gasteiger partial charge in [-0.1, -0.05) is 6.07 Å². The van der Waals surface area contributed by atoms with Crippen LogP contribution in [-0.2, 0) is 19.6 Å². The van der Waals surface area contributed by atoms with E-state index in [1.807, 2.05) is 12.3 Å². The molecule has 3 rings (SSSR count). The molecule has 1 aliphatic rings. The quantitative estimate of drug-likeness (QED) is 0.745. The Morgan fingerprint density at radius 2 is 2.19 bits per heavy atom. The summed E-state index contributed by atoms with van der Waals surface area (Å²) in [4.78, 5) is 9.71. The zero-order valence-electron chi connectivity index (χ0n) is 8.98. The maximum atomic E-state index is 5.78. The van der Waals surface area contributed by atoms with Gasteiger partial charge in [-0.2, -0.15) is 0 Å². The smallest absolute Gasteiger partial charge is 0.120 e. The lowest BCUT2D eigenvalue weighted by Crippen LogP contribution is -2.16. The molecule has 1 aliphatic heterocycles. The maximum absolute atomic E-state index is 5.78. The summed E-state index contributed by atoms with van der Waals surface area (Å²) in [5.41, 5.74) is 9.34. The van der Waals surface area contributed by atoms with Gasteiger partial charge in [0.15, 0.2) is 0 Å². The van der Waals surface area contributed by atoms with Crippen molar-refractivity contribution < 1.29 is 0 Å².